The maximum atomic E-state index is 10.5. The lowest BCUT2D eigenvalue weighted by Gasteiger charge is -2.24. The molecule has 5 heteroatoms. The molecule has 4 rings (SSSR count). The van der Waals surface area contributed by atoms with E-state index in [2.05, 4.69) is 22.9 Å². The first-order valence-electron chi connectivity index (χ1n) is 9.77. The van der Waals surface area contributed by atoms with E-state index in [1.165, 1.54) is 25.8 Å². The van der Waals surface area contributed by atoms with E-state index in [9.17, 15) is 5.11 Å². The third kappa shape index (κ3) is 4.23. The van der Waals surface area contributed by atoms with Crippen molar-refractivity contribution >= 4 is 11.6 Å². The van der Waals surface area contributed by atoms with Crippen molar-refractivity contribution in [3.05, 3.63) is 47.0 Å². The van der Waals surface area contributed by atoms with Crippen LogP contribution in [0.5, 0.6) is 11.5 Å². The molecule has 144 valence electrons. The second-order valence-electron chi connectivity index (χ2n) is 7.68. The maximum absolute atomic E-state index is 10.5. The Morgan fingerprint density at radius 2 is 2.07 bits per heavy atom. The predicted octanol–water partition coefficient (Wildman–Crippen LogP) is 4.39. The molecule has 1 N–H and O–H groups in total. The van der Waals surface area contributed by atoms with Crippen LogP contribution >= 0.6 is 11.6 Å². The van der Waals surface area contributed by atoms with E-state index in [1.54, 1.807) is 6.07 Å². The van der Waals surface area contributed by atoms with Gasteiger partial charge in [-0.25, -0.2) is 0 Å². The molecule has 1 atom stereocenters. The number of nitrogens with zero attached hydrogens (tertiary/aromatic N) is 2. The third-order valence-corrected chi connectivity index (χ3v) is 6.04. The molecule has 0 radical (unpaired) electrons. The summed E-state index contributed by atoms with van der Waals surface area (Å²) in [6.45, 7) is 4.57. The third-order valence-electron chi connectivity index (χ3n) is 5.80. The second kappa shape index (κ2) is 8.09. The smallest absolute Gasteiger partial charge is 0.165 e. The van der Waals surface area contributed by atoms with Gasteiger partial charge >= 0.3 is 0 Å². The van der Waals surface area contributed by atoms with E-state index in [-0.39, 0.29) is 5.75 Å². The molecule has 2 aliphatic rings. The lowest BCUT2D eigenvalue weighted by atomic mass is 10.0. The lowest BCUT2D eigenvalue weighted by Crippen LogP contribution is -2.32. The standard InChI is InChI=1S/C22H27ClN2O2/c1-24-8-3-6-20(24)7-9-25-10-11-27-22-18(15-25)12-17(14-21(22)26)16-4-2-5-19(23)13-16/h2,4-5,12-14,20,26H,3,6-11,15H2,1H3/t20-/m0/s1. The van der Waals surface area contributed by atoms with E-state index < -0.39 is 0 Å². The molecule has 2 heterocycles. The molecule has 0 aliphatic carbocycles. The Labute approximate surface area is 166 Å². The van der Waals surface area contributed by atoms with Crippen LogP contribution in [-0.2, 0) is 6.54 Å². The van der Waals surface area contributed by atoms with Gasteiger partial charge in [0.05, 0.1) is 0 Å². The zero-order chi connectivity index (χ0) is 18.8. The fourth-order valence-corrected chi connectivity index (χ4v) is 4.44. The van der Waals surface area contributed by atoms with Crippen molar-refractivity contribution in [1.82, 2.24) is 9.80 Å². The normalized spacial score (nSPS) is 20.9. The molecule has 0 bridgehead atoms. The molecule has 0 unspecified atom stereocenters. The number of hydrogen-bond donors (Lipinski definition) is 1. The van der Waals surface area contributed by atoms with Gasteiger partial charge in [-0.1, -0.05) is 23.7 Å². The van der Waals surface area contributed by atoms with E-state index in [0.717, 1.165) is 36.3 Å². The van der Waals surface area contributed by atoms with Gasteiger partial charge in [-0.05, 0) is 68.2 Å². The molecule has 1 saturated heterocycles. The largest absolute Gasteiger partial charge is 0.504 e. The van der Waals surface area contributed by atoms with Crippen LogP contribution in [-0.4, -0.2) is 54.2 Å². The van der Waals surface area contributed by atoms with Crippen LogP contribution in [0.1, 0.15) is 24.8 Å². The summed E-state index contributed by atoms with van der Waals surface area (Å²) in [4.78, 5) is 4.92. The first-order chi connectivity index (χ1) is 13.1. The number of fused-ring (bicyclic) bond motifs is 1. The molecule has 0 aromatic heterocycles. The van der Waals surface area contributed by atoms with E-state index >= 15 is 0 Å². The van der Waals surface area contributed by atoms with E-state index in [0.29, 0.717) is 23.4 Å². The topological polar surface area (TPSA) is 35.9 Å². The second-order valence-corrected chi connectivity index (χ2v) is 8.12. The summed E-state index contributed by atoms with van der Waals surface area (Å²) in [6, 6.07) is 12.3. The molecule has 0 spiro atoms. The fraction of sp³-hybridized carbons (Fsp3) is 0.455. The number of aromatic hydroxyl groups is 1. The van der Waals surface area contributed by atoms with Gasteiger partial charge in [0.1, 0.15) is 6.61 Å². The highest BCUT2D eigenvalue weighted by Gasteiger charge is 2.24. The van der Waals surface area contributed by atoms with Gasteiger partial charge in [0.25, 0.3) is 0 Å². The van der Waals surface area contributed by atoms with Gasteiger partial charge in [-0.15, -0.1) is 0 Å². The Kier molecular flexibility index (Phi) is 5.58. The minimum Gasteiger partial charge on any atom is -0.504 e. The van der Waals surface area contributed by atoms with Crippen LogP contribution in [0.25, 0.3) is 11.1 Å². The minimum atomic E-state index is 0.208. The Hall–Kier alpha value is -1.75. The SMILES string of the molecule is CN1CCC[C@H]1CCN1CCOc2c(O)cc(-c3cccc(Cl)c3)cc2C1. The number of phenols is 1. The Morgan fingerprint density at radius 3 is 2.85 bits per heavy atom. The molecule has 27 heavy (non-hydrogen) atoms. The van der Waals surface area contributed by atoms with E-state index in [1.807, 2.05) is 24.3 Å². The minimum absolute atomic E-state index is 0.208. The van der Waals surface area contributed by atoms with Crippen LogP contribution in [0.15, 0.2) is 36.4 Å². The van der Waals surface area contributed by atoms with Gasteiger partial charge in [-0.3, -0.25) is 4.90 Å². The van der Waals surface area contributed by atoms with Crippen LogP contribution in [0, 0.1) is 0 Å². The number of hydrogen-bond acceptors (Lipinski definition) is 4. The molecule has 2 aromatic rings. The number of halogens is 1. The van der Waals surface area contributed by atoms with Crippen LogP contribution in [0.3, 0.4) is 0 Å². The van der Waals surface area contributed by atoms with Crippen molar-refractivity contribution in [2.75, 3.05) is 33.3 Å². The molecular weight excluding hydrogens is 360 g/mol. The molecule has 2 aromatic carbocycles. The number of benzene rings is 2. The van der Waals surface area contributed by atoms with Crippen molar-refractivity contribution in [2.24, 2.45) is 0 Å². The van der Waals surface area contributed by atoms with Gasteiger partial charge < -0.3 is 14.7 Å². The van der Waals surface area contributed by atoms with E-state index in [4.69, 9.17) is 16.3 Å². The van der Waals surface area contributed by atoms with Crippen molar-refractivity contribution in [1.29, 1.82) is 0 Å². The molecule has 0 amide bonds. The van der Waals surface area contributed by atoms with Crippen LogP contribution < -0.4 is 4.74 Å². The Morgan fingerprint density at radius 1 is 1.19 bits per heavy atom. The van der Waals surface area contributed by atoms with Crippen LogP contribution in [0.2, 0.25) is 5.02 Å². The summed E-state index contributed by atoms with van der Waals surface area (Å²) in [6.07, 6.45) is 3.80. The van der Waals surface area contributed by atoms with Crippen molar-refractivity contribution in [3.8, 4) is 22.6 Å². The summed E-state index contributed by atoms with van der Waals surface area (Å²) in [7, 11) is 2.23. The zero-order valence-corrected chi connectivity index (χ0v) is 16.6. The highest BCUT2D eigenvalue weighted by atomic mass is 35.5. The molecule has 1 fully saturated rings. The summed E-state index contributed by atoms with van der Waals surface area (Å²) in [5, 5.41) is 11.2. The first-order valence-corrected chi connectivity index (χ1v) is 10.1. The highest BCUT2D eigenvalue weighted by molar-refractivity contribution is 6.30. The molecule has 0 saturated carbocycles. The summed E-state index contributed by atoms with van der Waals surface area (Å²) >= 11 is 6.14. The quantitative estimate of drug-likeness (QED) is 0.845. The molecular formula is C22H27ClN2O2. The average molecular weight is 387 g/mol. The van der Waals surface area contributed by atoms with Gasteiger partial charge in [0.15, 0.2) is 11.5 Å². The van der Waals surface area contributed by atoms with Crippen molar-refractivity contribution < 1.29 is 9.84 Å². The van der Waals surface area contributed by atoms with Gasteiger partial charge in [0.2, 0.25) is 0 Å². The Bertz CT molecular complexity index is 811. The number of likely N-dealkylation sites (tertiary alicyclic amines) is 1. The Balaban J connectivity index is 1.53. The number of rotatable bonds is 4. The number of phenolic OH excluding ortho intramolecular Hbond substituents is 1. The summed E-state index contributed by atoms with van der Waals surface area (Å²) in [5.74, 6) is 0.834. The predicted molar refractivity (Wildman–Crippen MR) is 110 cm³/mol. The first kappa shape index (κ1) is 18.6. The molecule has 4 nitrogen and oxygen atoms in total. The summed E-state index contributed by atoms with van der Waals surface area (Å²) in [5.41, 5.74) is 3.01. The van der Waals surface area contributed by atoms with Crippen LogP contribution in [0.4, 0.5) is 0 Å². The molecule has 2 aliphatic heterocycles. The highest BCUT2D eigenvalue weighted by Crippen LogP contribution is 2.38. The average Bonchev–Trinajstić information content (AvgIpc) is 2.94. The number of ether oxygens (including phenoxy) is 1. The summed E-state index contributed by atoms with van der Waals surface area (Å²) < 4.78 is 5.89. The zero-order valence-electron chi connectivity index (χ0n) is 15.8. The fourth-order valence-electron chi connectivity index (χ4n) is 4.25. The van der Waals surface area contributed by atoms with Gasteiger partial charge in [0, 0.05) is 36.3 Å². The lowest BCUT2D eigenvalue weighted by molar-refractivity contribution is 0.197. The van der Waals surface area contributed by atoms with Crippen molar-refractivity contribution in [2.45, 2.75) is 31.8 Å². The van der Waals surface area contributed by atoms with Gasteiger partial charge in [-0.2, -0.15) is 0 Å². The van der Waals surface area contributed by atoms with Crippen molar-refractivity contribution in [3.63, 3.8) is 0 Å². The maximum Gasteiger partial charge on any atom is 0.165 e. The monoisotopic (exact) mass is 386 g/mol.